The Morgan fingerprint density at radius 3 is 2.59 bits per heavy atom. The predicted molar refractivity (Wildman–Crippen MR) is 64.5 cm³/mol. The quantitative estimate of drug-likeness (QED) is 0.414. The highest BCUT2D eigenvalue weighted by molar-refractivity contribution is 5.68. The van der Waals surface area contributed by atoms with Crippen molar-refractivity contribution in [2.45, 2.75) is 25.8 Å². The molecule has 0 atom stereocenters. The second kappa shape index (κ2) is 7.54. The molecular formula is C13H18NO3+. The highest BCUT2D eigenvalue weighted by Gasteiger charge is 2.09. The average Bonchev–Trinajstić information content (AvgIpc) is 2.35. The summed E-state index contributed by atoms with van der Waals surface area (Å²) in [7, 11) is 1.37. The third-order valence-corrected chi connectivity index (χ3v) is 2.47. The maximum Gasteiger partial charge on any atom is 0.305 e. The number of unbranched alkanes of at least 4 members (excludes halogenated alkanes) is 1. The number of hydrogen-bond acceptors (Lipinski definition) is 3. The lowest BCUT2D eigenvalue weighted by Gasteiger charge is -1.97. The molecule has 0 saturated heterocycles. The molecule has 92 valence electrons. The fourth-order valence-corrected chi connectivity index (χ4v) is 1.53. The van der Waals surface area contributed by atoms with Gasteiger partial charge in [0, 0.05) is 28.1 Å². The molecule has 4 nitrogen and oxygen atoms in total. The summed E-state index contributed by atoms with van der Waals surface area (Å²) in [4.78, 5) is 22.4. The molecule has 0 bridgehead atoms. The molecule has 0 N–H and O–H groups in total. The first-order valence-corrected chi connectivity index (χ1v) is 5.75. The van der Waals surface area contributed by atoms with Gasteiger partial charge in [-0.15, -0.1) is 0 Å². The first kappa shape index (κ1) is 13.4. The molecule has 0 aliphatic carbocycles. The van der Waals surface area contributed by atoms with Crippen molar-refractivity contribution in [1.29, 1.82) is 0 Å². The van der Waals surface area contributed by atoms with E-state index in [4.69, 9.17) is 0 Å². The minimum Gasteiger partial charge on any atom is -0.469 e. The van der Waals surface area contributed by atoms with Crippen molar-refractivity contribution in [3.63, 3.8) is 0 Å². The molecule has 0 aliphatic rings. The third-order valence-electron chi connectivity index (χ3n) is 2.47. The summed E-state index contributed by atoms with van der Waals surface area (Å²) >= 11 is 0. The van der Waals surface area contributed by atoms with Crippen LogP contribution in [0.15, 0.2) is 30.3 Å². The van der Waals surface area contributed by atoms with Gasteiger partial charge in [0.15, 0.2) is 6.54 Å². The molecule has 0 aliphatic heterocycles. The number of esters is 1. The van der Waals surface area contributed by atoms with Crippen molar-refractivity contribution >= 4 is 5.97 Å². The summed E-state index contributed by atoms with van der Waals surface area (Å²) in [6.07, 6.45) is 1.79. The van der Waals surface area contributed by atoms with E-state index in [9.17, 15) is 9.70 Å². The van der Waals surface area contributed by atoms with Gasteiger partial charge in [-0.25, -0.2) is 0 Å². The summed E-state index contributed by atoms with van der Waals surface area (Å²) < 4.78 is 5.54. The Morgan fingerprint density at radius 1 is 1.24 bits per heavy atom. The van der Waals surface area contributed by atoms with Gasteiger partial charge in [0.1, 0.15) is 0 Å². The summed E-state index contributed by atoms with van der Waals surface area (Å²) in [6, 6.07) is 9.62. The van der Waals surface area contributed by atoms with Crippen molar-refractivity contribution in [3.8, 4) is 0 Å². The zero-order chi connectivity index (χ0) is 12.5. The summed E-state index contributed by atoms with van der Waals surface area (Å²) in [5.41, 5.74) is 1.01. The van der Waals surface area contributed by atoms with Gasteiger partial charge in [-0.3, -0.25) is 4.79 Å². The Labute approximate surface area is 101 Å². The van der Waals surface area contributed by atoms with Crippen LogP contribution in [0.4, 0.5) is 0 Å². The molecular weight excluding hydrogens is 218 g/mol. The van der Waals surface area contributed by atoms with Gasteiger partial charge < -0.3 is 4.74 Å². The monoisotopic (exact) mass is 236 g/mol. The van der Waals surface area contributed by atoms with Crippen LogP contribution < -0.4 is 0 Å². The van der Waals surface area contributed by atoms with Crippen molar-refractivity contribution in [1.82, 2.24) is 0 Å². The van der Waals surface area contributed by atoms with E-state index in [1.54, 1.807) is 0 Å². The van der Waals surface area contributed by atoms with E-state index in [0.29, 0.717) is 32.4 Å². The molecule has 0 heterocycles. The van der Waals surface area contributed by atoms with E-state index in [1.807, 2.05) is 30.3 Å². The molecule has 0 unspecified atom stereocenters. The second-order valence-electron chi connectivity index (χ2n) is 3.88. The van der Waals surface area contributed by atoms with Gasteiger partial charge in [0.05, 0.1) is 7.11 Å². The number of rotatable bonds is 7. The van der Waals surface area contributed by atoms with Gasteiger partial charge >= 0.3 is 5.97 Å². The normalized spacial score (nSPS) is 9.94. The van der Waals surface area contributed by atoms with Gasteiger partial charge in [-0.1, -0.05) is 30.3 Å². The van der Waals surface area contributed by atoms with Crippen LogP contribution in [-0.4, -0.2) is 24.4 Å². The van der Waals surface area contributed by atoms with Crippen LogP contribution in [-0.2, 0) is 16.1 Å². The lowest BCUT2D eigenvalue weighted by molar-refractivity contribution is -0.565. The summed E-state index contributed by atoms with van der Waals surface area (Å²) in [5.74, 6) is -0.217. The fraction of sp³-hybridized carbons (Fsp3) is 0.462. The zero-order valence-corrected chi connectivity index (χ0v) is 10.1. The molecule has 0 aromatic heterocycles. The number of nitroso groups, excluding NO2 is 1. The number of ether oxygens (including phenoxy) is 1. The maximum atomic E-state index is 11.5. The number of carbonyl (C=O) groups is 1. The lowest BCUT2D eigenvalue weighted by atomic mass is 10.2. The zero-order valence-electron chi connectivity index (χ0n) is 10.1. The van der Waals surface area contributed by atoms with Crippen LogP contribution >= 0.6 is 0 Å². The highest BCUT2D eigenvalue weighted by Crippen LogP contribution is 2.02. The van der Waals surface area contributed by atoms with Crippen molar-refractivity contribution in [2.75, 3.05) is 13.7 Å². The molecule has 0 fully saturated rings. The molecule has 0 spiro atoms. The van der Waals surface area contributed by atoms with E-state index in [-0.39, 0.29) is 5.97 Å². The Hall–Kier alpha value is -1.71. The Balaban J connectivity index is 2.16. The number of nitrogens with zero attached hydrogens (tertiary/aromatic N) is 1. The summed E-state index contributed by atoms with van der Waals surface area (Å²) in [5, 5.41) is 0. The molecule has 0 saturated carbocycles. The van der Waals surface area contributed by atoms with Crippen LogP contribution in [0.25, 0.3) is 0 Å². The minimum atomic E-state index is -0.217. The summed E-state index contributed by atoms with van der Waals surface area (Å²) in [6.45, 7) is 0.852. The molecule has 4 heteroatoms. The molecule has 0 radical (unpaired) electrons. The molecule has 17 heavy (non-hydrogen) atoms. The molecule has 1 aromatic rings. The van der Waals surface area contributed by atoms with Crippen LogP contribution in [0.2, 0.25) is 0 Å². The van der Waals surface area contributed by atoms with Gasteiger partial charge in [-0.2, -0.15) is 0 Å². The standard InChI is InChI=1S/C13H18NO3/c1-17-13(15)9-5-6-10-14(16)11-12-7-3-2-4-8-12/h2-4,7-8H,5-6,9-11H2,1H3/q+1. The lowest BCUT2D eigenvalue weighted by Crippen LogP contribution is -2.10. The van der Waals surface area contributed by atoms with E-state index < -0.39 is 0 Å². The first-order chi connectivity index (χ1) is 8.22. The largest absolute Gasteiger partial charge is 0.469 e. The Morgan fingerprint density at radius 2 is 1.94 bits per heavy atom. The second-order valence-corrected chi connectivity index (χ2v) is 3.88. The van der Waals surface area contributed by atoms with Gasteiger partial charge in [0.2, 0.25) is 6.54 Å². The third kappa shape index (κ3) is 5.80. The predicted octanol–water partition coefficient (Wildman–Crippen LogP) is 2.31. The smallest absolute Gasteiger partial charge is 0.305 e. The Kier molecular flexibility index (Phi) is 5.93. The topological polar surface area (TPSA) is 46.4 Å². The molecule has 0 amide bonds. The van der Waals surface area contributed by atoms with E-state index in [1.165, 1.54) is 7.11 Å². The minimum absolute atomic E-state index is 0.217. The van der Waals surface area contributed by atoms with Crippen LogP contribution in [0.5, 0.6) is 0 Å². The van der Waals surface area contributed by atoms with E-state index in [0.717, 1.165) is 10.3 Å². The number of carbonyl (C=O) groups excluding carboxylic acids is 1. The molecule has 1 aromatic carbocycles. The van der Waals surface area contributed by atoms with Gasteiger partial charge in [0.25, 0.3) is 0 Å². The Bertz CT molecular complexity index is 362. The van der Waals surface area contributed by atoms with Crippen molar-refractivity contribution < 1.29 is 14.3 Å². The van der Waals surface area contributed by atoms with E-state index >= 15 is 0 Å². The van der Waals surface area contributed by atoms with Gasteiger partial charge in [-0.05, 0) is 6.42 Å². The SMILES string of the molecule is COC(=O)CCCC[N+](=O)Cc1ccccc1. The highest BCUT2D eigenvalue weighted by atomic mass is 16.5. The average molecular weight is 236 g/mol. The number of methoxy groups -OCH3 is 1. The van der Waals surface area contributed by atoms with Crippen molar-refractivity contribution in [2.24, 2.45) is 0 Å². The maximum absolute atomic E-state index is 11.5. The van der Waals surface area contributed by atoms with E-state index in [2.05, 4.69) is 4.74 Å². The van der Waals surface area contributed by atoms with Crippen LogP contribution in [0, 0.1) is 4.91 Å². The van der Waals surface area contributed by atoms with Crippen LogP contribution in [0.1, 0.15) is 24.8 Å². The number of benzene rings is 1. The fourth-order valence-electron chi connectivity index (χ4n) is 1.53. The number of hydrogen-bond donors (Lipinski definition) is 0. The van der Waals surface area contributed by atoms with Crippen LogP contribution in [0.3, 0.4) is 0 Å². The van der Waals surface area contributed by atoms with Crippen molar-refractivity contribution in [3.05, 3.63) is 40.8 Å². The molecule has 1 rings (SSSR count). The first-order valence-electron chi connectivity index (χ1n) is 5.75.